The van der Waals surface area contributed by atoms with E-state index in [0.29, 0.717) is 18.1 Å². The lowest BCUT2D eigenvalue weighted by Crippen LogP contribution is -2.09. The summed E-state index contributed by atoms with van der Waals surface area (Å²) >= 11 is 0. The van der Waals surface area contributed by atoms with Crippen molar-refractivity contribution >= 4 is 5.97 Å². The first-order valence-electron chi connectivity index (χ1n) is 5.43. The zero-order valence-corrected chi connectivity index (χ0v) is 9.90. The molecule has 1 heterocycles. The van der Waals surface area contributed by atoms with Crippen molar-refractivity contribution in [2.45, 2.75) is 33.3 Å². The molecule has 0 saturated carbocycles. The molecule has 0 radical (unpaired) electrons. The SMILES string of the molecule is CCCOC(=O)c1ccc(OC(C)C)nc1. The number of pyridine rings is 1. The Hall–Kier alpha value is -1.58. The number of esters is 1. The van der Waals surface area contributed by atoms with E-state index in [1.807, 2.05) is 20.8 Å². The molecule has 4 nitrogen and oxygen atoms in total. The van der Waals surface area contributed by atoms with Gasteiger partial charge in [0.1, 0.15) is 0 Å². The van der Waals surface area contributed by atoms with E-state index >= 15 is 0 Å². The van der Waals surface area contributed by atoms with Gasteiger partial charge < -0.3 is 9.47 Å². The second kappa shape index (κ2) is 6.10. The van der Waals surface area contributed by atoms with E-state index in [2.05, 4.69) is 4.98 Å². The van der Waals surface area contributed by atoms with Gasteiger partial charge in [-0.3, -0.25) is 0 Å². The minimum Gasteiger partial charge on any atom is -0.475 e. The van der Waals surface area contributed by atoms with Gasteiger partial charge in [0, 0.05) is 12.3 Å². The molecule has 0 aliphatic rings. The molecule has 0 aliphatic heterocycles. The van der Waals surface area contributed by atoms with E-state index in [0.717, 1.165) is 6.42 Å². The molecule has 0 aromatic carbocycles. The highest BCUT2D eigenvalue weighted by Gasteiger charge is 2.07. The first kappa shape index (κ1) is 12.5. The molecule has 1 aromatic rings. The van der Waals surface area contributed by atoms with Crippen LogP contribution in [0.3, 0.4) is 0 Å². The summed E-state index contributed by atoms with van der Waals surface area (Å²) in [5, 5.41) is 0. The Kier molecular flexibility index (Phi) is 4.76. The molecular formula is C12H17NO3. The lowest BCUT2D eigenvalue weighted by Gasteiger charge is -2.08. The maximum absolute atomic E-state index is 11.4. The van der Waals surface area contributed by atoms with Crippen LogP contribution >= 0.6 is 0 Å². The Balaban J connectivity index is 2.60. The fraction of sp³-hybridized carbons (Fsp3) is 0.500. The van der Waals surface area contributed by atoms with Crippen LogP contribution < -0.4 is 4.74 Å². The fourth-order valence-corrected chi connectivity index (χ4v) is 1.09. The van der Waals surface area contributed by atoms with Crippen LogP contribution in [0, 0.1) is 0 Å². The third-order valence-electron chi connectivity index (χ3n) is 1.77. The largest absolute Gasteiger partial charge is 0.475 e. The molecule has 0 spiro atoms. The fourth-order valence-electron chi connectivity index (χ4n) is 1.09. The van der Waals surface area contributed by atoms with Gasteiger partial charge in [-0.25, -0.2) is 9.78 Å². The highest BCUT2D eigenvalue weighted by atomic mass is 16.5. The molecule has 0 fully saturated rings. The molecule has 16 heavy (non-hydrogen) atoms. The molecule has 0 bridgehead atoms. The summed E-state index contributed by atoms with van der Waals surface area (Å²) < 4.78 is 10.3. The minimum absolute atomic E-state index is 0.0744. The predicted octanol–water partition coefficient (Wildman–Crippen LogP) is 2.44. The Morgan fingerprint density at radius 2 is 2.19 bits per heavy atom. The highest BCUT2D eigenvalue weighted by Crippen LogP contribution is 2.10. The molecule has 1 rings (SSSR count). The van der Waals surface area contributed by atoms with Crippen LogP contribution in [0.5, 0.6) is 5.88 Å². The summed E-state index contributed by atoms with van der Waals surface area (Å²) in [6, 6.07) is 3.32. The van der Waals surface area contributed by atoms with Crippen LogP contribution in [0.1, 0.15) is 37.6 Å². The molecule has 0 atom stereocenters. The van der Waals surface area contributed by atoms with E-state index in [9.17, 15) is 4.79 Å². The number of rotatable bonds is 5. The average Bonchev–Trinajstić information content (AvgIpc) is 2.26. The Morgan fingerprint density at radius 1 is 1.44 bits per heavy atom. The van der Waals surface area contributed by atoms with Crippen molar-refractivity contribution in [3.8, 4) is 5.88 Å². The molecule has 4 heteroatoms. The van der Waals surface area contributed by atoms with Crippen molar-refractivity contribution in [1.29, 1.82) is 0 Å². The number of nitrogens with zero attached hydrogens (tertiary/aromatic N) is 1. The number of hydrogen-bond donors (Lipinski definition) is 0. The van der Waals surface area contributed by atoms with Crippen LogP contribution in [0.25, 0.3) is 0 Å². The normalized spacial score (nSPS) is 10.2. The van der Waals surface area contributed by atoms with Gasteiger partial charge in [-0.05, 0) is 26.3 Å². The molecule has 0 N–H and O–H groups in total. The maximum Gasteiger partial charge on any atom is 0.339 e. The van der Waals surface area contributed by atoms with E-state index in [1.165, 1.54) is 6.20 Å². The van der Waals surface area contributed by atoms with Crippen molar-refractivity contribution in [2.75, 3.05) is 6.61 Å². The summed E-state index contributed by atoms with van der Waals surface area (Å²) in [5.74, 6) is 0.174. The van der Waals surface area contributed by atoms with Gasteiger partial charge in [0.05, 0.1) is 18.3 Å². The minimum atomic E-state index is -0.342. The van der Waals surface area contributed by atoms with Crippen LogP contribution in [0.15, 0.2) is 18.3 Å². The van der Waals surface area contributed by atoms with Gasteiger partial charge in [0.25, 0.3) is 0 Å². The van der Waals surface area contributed by atoms with Crippen molar-refractivity contribution in [3.05, 3.63) is 23.9 Å². The van der Waals surface area contributed by atoms with E-state index < -0.39 is 0 Å². The quantitative estimate of drug-likeness (QED) is 0.719. The predicted molar refractivity (Wildman–Crippen MR) is 60.6 cm³/mol. The molecule has 0 unspecified atom stereocenters. The number of ether oxygens (including phenoxy) is 2. The first-order valence-corrected chi connectivity index (χ1v) is 5.43. The lowest BCUT2D eigenvalue weighted by atomic mass is 10.3. The zero-order chi connectivity index (χ0) is 12.0. The Morgan fingerprint density at radius 3 is 2.69 bits per heavy atom. The second-order valence-electron chi connectivity index (χ2n) is 3.69. The Labute approximate surface area is 95.6 Å². The summed E-state index contributed by atoms with van der Waals surface area (Å²) in [5.41, 5.74) is 0.449. The van der Waals surface area contributed by atoms with Crippen molar-refractivity contribution in [2.24, 2.45) is 0 Å². The molecule has 1 aromatic heterocycles. The molecule has 88 valence electrons. The number of carbonyl (C=O) groups excluding carboxylic acids is 1. The second-order valence-corrected chi connectivity index (χ2v) is 3.69. The Bertz CT molecular complexity index is 333. The van der Waals surface area contributed by atoms with Gasteiger partial charge >= 0.3 is 5.97 Å². The van der Waals surface area contributed by atoms with Gasteiger partial charge in [0.15, 0.2) is 0 Å². The van der Waals surface area contributed by atoms with E-state index in [1.54, 1.807) is 12.1 Å². The van der Waals surface area contributed by atoms with Crippen LogP contribution in [0.2, 0.25) is 0 Å². The van der Waals surface area contributed by atoms with Gasteiger partial charge in [-0.2, -0.15) is 0 Å². The van der Waals surface area contributed by atoms with Crippen molar-refractivity contribution in [3.63, 3.8) is 0 Å². The zero-order valence-electron chi connectivity index (χ0n) is 9.90. The molecule has 0 amide bonds. The molecule has 0 aliphatic carbocycles. The number of hydrogen-bond acceptors (Lipinski definition) is 4. The van der Waals surface area contributed by atoms with E-state index in [4.69, 9.17) is 9.47 Å². The summed E-state index contributed by atoms with van der Waals surface area (Å²) in [6.45, 7) is 6.23. The third kappa shape index (κ3) is 3.88. The standard InChI is InChI=1S/C12H17NO3/c1-4-7-15-12(14)10-5-6-11(13-8-10)16-9(2)3/h5-6,8-9H,4,7H2,1-3H3. The van der Waals surface area contributed by atoms with Gasteiger partial charge in [-0.15, -0.1) is 0 Å². The van der Waals surface area contributed by atoms with Crippen LogP contribution in [-0.4, -0.2) is 23.7 Å². The topological polar surface area (TPSA) is 48.4 Å². The van der Waals surface area contributed by atoms with Gasteiger partial charge in [-0.1, -0.05) is 6.92 Å². The average molecular weight is 223 g/mol. The monoisotopic (exact) mass is 223 g/mol. The molecule has 0 saturated heterocycles. The lowest BCUT2D eigenvalue weighted by molar-refractivity contribution is 0.0504. The van der Waals surface area contributed by atoms with Crippen molar-refractivity contribution < 1.29 is 14.3 Å². The summed E-state index contributed by atoms with van der Waals surface area (Å²) in [4.78, 5) is 15.5. The van der Waals surface area contributed by atoms with Crippen LogP contribution in [0.4, 0.5) is 0 Å². The smallest absolute Gasteiger partial charge is 0.339 e. The van der Waals surface area contributed by atoms with Crippen LogP contribution in [-0.2, 0) is 4.74 Å². The first-order chi connectivity index (χ1) is 7.63. The number of aromatic nitrogens is 1. The highest BCUT2D eigenvalue weighted by molar-refractivity contribution is 5.89. The summed E-state index contributed by atoms with van der Waals surface area (Å²) in [6.07, 6.45) is 2.36. The third-order valence-corrected chi connectivity index (χ3v) is 1.77. The summed E-state index contributed by atoms with van der Waals surface area (Å²) in [7, 11) is 0. The van der Waals surface area contributed by atoms with Gasteiger partial charge in [0.2, 0.25) is 5.88 Å². The number of carbonyl (C=O) groups is 1. The molecular weight excluding hydrogens is 206 g/mol. The maximum atomic E-state index is 11.4. The van der Waals surface area contributed by atoms with E-state index in [-0.39, 0.29) is 12.1 Å². The van der Waals surface area contributed by atoms with Crippen molar-refractivity contribution in [1.82, 2.24) is 4.98 Å².